The van der Waals surface area contributed by atoms with Crippen LogP contribution in [0.1, 0.15) is 11.4 Å². The van der Waals surface area contributed by atoms with Crippen molar-refractivity contribution in [1.82, 2.24) is 9.55 Å². The monoisotopic (exact) mass is 239 g/mol. The van der Waals surface area contributed by atoms with E-state index in [0.29, 0.717) is 6.54 Å². The molecule has 0 aliphatic carbocycles. The second kappa shape index (κ2) is 4.26. The Labute approximate surface area is 105 Å². The Morgan fingerprint density at radius 3 is 2.83 bits per heavy atom. The molecule has 1 aromatic heterocycles. The van der Waals surface area contributed by atoms with Gasteiger partial charge in [-0.15, -0.1) is 0 Å². The van der Waals surface area contributed by atoms with E-state index in [0.717, 1.165) is 22.4 Å². The normalized spacial score (nSPS) is 11.0. The first kappa shape index (κ1) is 11.0. The average molecular weight is 239 g/mol. The predicted molar refractivity (Wildman–Crippen MR) is 68.8 cm³/mol. The minimum absolute atomic E-state index is 0.328. The molecule has 0 unspecified atom stereocenters. The maximum atomic E-state index is 12.8. The zero-order chi connectivity index (χ0) is 12.5. The highest BCUT2D eigenvalue weighted by Gasteiger charge is 2.06. The number of rotatable bonds is 2. The zero-order valence-corrected chi connectivity index (χ0v) is 10.0. The van der Waals surface area contributed by atoms with Crippen molar-refractivity contribution >= 4 is 11.0 Å². The predicted octanol–water partition coefficient (Wildman–Crippen LogP) is 3.33. The molecule has 3 aromatic rings. The van der Waals surface area contributed by atoms with Crippen molar-refractivity contribution in [2.24, 2.45) is 0 Å². The maximum absolute atomic E-state index is 12.8. The van der Waals surface area contributed by atoms with Gasteiger partial charge in [0.2, 0.25) is 0 Å². The molecule has 0 N–H and O–H groups in total. The van der Waals surface area contributed by atoms with E-state index in [1.807, 2.05) is 31.2 Å². The molecule has 3 heteroatoms. The van der Waals surface area contributed by atoms with E-state index >= 15 is 0 Å². The Morgan fingerprint density at radius 1 is 1.22 bits per heavy atom. The molecule has 0 fully saturated rings. The SMILES string of the molecule is Cc1nc2ccccc2n1Cc1c[c]c(F)cc1. The van der Waals surface area contributed by atoms with Gasteiger partial charge in [-0.25, -0.2) is 9.37 Å². The lowest BCUT2D eigenvalue weighted by Crippen LogP contribution is -2.01. The average Bonchev–Trinajstić information content (AvgIpc) is 2.69. The molecule has 0 saturated heterocycles. The number of hydrogen-bond acceptors (Lipinski definition) is 1. The molecule has 0 bridgehead atoms. The van der Waals surface area contributed by atoms with Gasteiger partial charge in [0.05, 0.1) is 11.0 Å². The van der Waals surface area contributed by atoms with Crippen molar-refractivity contribution in [2.75, 3.05) is 0 Å². The number of hydrogen-bond donors (Lipinski definition) is 0. The molecule has 1 radical (unpaired) electrons. The van der Waals surface area contributed by atoms with Crippen LogP contribution in [0, 0.1) is 18.8 Å². The van der Waals surface area contributed by atoms with Crippen LogP contribution < -0.4 is 0 Å². The Morgan fingerprint density at radius 2 is 2.06 bits per heavy atom. The first-order valence-corrected chi connectivity index (χ1v) is 5.82. The fraction of sp³-hybridized carbons (Fsp3) is 0.133. The third-order valence-corrected chi connectivity index (χ3v) is 3.03. The second-order valence-corrected chi connectivity index (χ2v) is 4.28. The number of benzene rings is 2. The number of aromatic nitrogens is 2. The smallest absolute Gasteiger partial charge is 0.131 e. The van der Waals surface area contributed by atoms with E-state index in [1.165, 1.54) is 6.07 Å². The van der Waals surface area contributed by atoms with Gasteiger partial charge in [0.1, 0.15) is 11.6 Å². The van der Waals surface area contributed by atoms with E-state index in [1.54, 1.807) is 12.1 Å². The summed E-state index contributed by atoms with van der Waals surface area (Å²) in [5.74, 6) is 0.631. The van der Waals surface area contributed by atoms with E-state index in [4.69, 9.17) is 0 Å². The third-order valence-electron chi connectivity index (χ3n) is 3.03. The minimum Gasteiger partial charge on any atom is -0.324 e. The summed E-state index contributed by atoms with van der Waals surface area (Å²) in [6, 6.07) is 15.5. The largest absolute Gasteiger partial charge is 0.324 e. The highest BCUT2D eigenvalue weighted by atomic mass is 19.1. The molecule has 0 aliphatic heterocycles. The van der Waals surface area contributed by atoms with Gasteiger partial charge >= 0.3 is 0 Å². The van der Waals surface area contributed by atoms with Crippen LogP contribution in [-0.4, -0.2) is 9.55 Å². The van der Waals surface area contributed by atoms with E-state index in [2.05, 4.69) is 15.6 Å². The molecule has 0 amide bonds. The Kier molecular flexibility index (Phi) is 2.59. The van der Waals surface area contributed by atoms with Gasteiger partial charge in [-0.1, -0.05) is 18.2 Å². The molecule has 2 nitrogen and oxygen atoms in total. The van der Waals surface area contributed by atoms with Gasteiger partial charge in [0, 0.05) is 12.6 Å². The summed E-state index contributed by atoms with van der Waals surface area (Å²) in [7, 11) is 0. The van der Waals surface area contributed by atoms with Crippen LogP contribution in [0.5, 0.6) is 0 Å². The van der Waals surface area contributed by atoms with Crippen molar-refractivity contribution < 1.29 is 4.39 Å². The van der Waals surface area contributed by atoms with E-state index < -0.39 is 0 Å². The summed E-state index contributed by atoms with van der Waals surface area (Å²) in [4.78, 5) is 4.51. The van der Waals surface area contributed by atoms with Crippen LogP contribution in [0.4, 0.5) is 4.39 Å². The quantitative estimate of drug-likeness (QED) is 0.670. The lowest BCUT2D eigenvalue weighted by molar-refractivity contribution is 0.624. The molecule has 2 aromatic carbocycles. The van der Waals surface area contributed by atoms with Gasteiger partial charge in [-0.2, -0.15) is 0 Å². The Hall–Kier alpha value is -2.16. The summed E-state index contributed by atoms with van der Waals surface area (Å²) in [5, 5.41) is 0. The number of fused-ring (bicyclic) bond motifs is 1. The van der Waals surface area contributed by atoms with Crippen LogP contribution in [0.2, 0.25) is 0 Å². The molecule has 89 valence electrons. The number of halogens is 1. The molecule has 1 heterocycles. The number of para-hydroxylation sites is 2. The van der Waals surface area contributed by atoms with Gasteiger partial charge in [-0.3, -0.25) is 0 Å². The van der Waals surface area contributed by atoms with Crippen molar-refractivity contribution in [3.8, 4) is 0 Å². The fourth-order valence-electron chi connectivity index (χ4n) is 2.11. The second-order valence-electron chi connectivity index (χ2n) is 4.28. The summed E-state index contributed by atoms with van der Waals surface area (Å²) in [6.45, 7) is 2.66. The summed E-state index contributed by atoms with van der Waals surface area (Å²) in [5.41, 5.74) is 3.10. The molecule has 18 heavy (non-hydrogen) atoms. The standard InChI is InChI=1S/C15H12FN2/c1-11-17-14-4-2-3-5-15(14)18(11)10-12-6-8-13(16)9-7-12/h2-8H,10H2,1H3. The lowest BCUT2D eigenvalue weighted by Gasteiger charge is -2.06. The first-order valence-electron chi connectivity index (χ1n) is 5.82. The highest BCUT2D eigenvalue weighted by molar-refractivity contribution is 5.75. The van der Waals surface area contributed by atoms with Crippen LogP contribution in [0.3, 0.4) is 0 Å². The van der Waals surface area contributed by atoms with Gasteiger partial charge in [0.25, 0.3) is 0 Å². The zero-order valence-electron chi connectivity index (χ0n) is 10.0. The molecular formula is C15H12FN2. The fourth-order valence-corrected chi connectivity index (χ4v) is 2.11. The van der Waals surface area contributed by atoms with E-state index in [9.17, 15) is 4.39 Å². The van der Waals surface area contributed by atoms with Crippen LogP contribution in [0.25, 0.3) is 11.0 Å². The topological polar surface area (TPSA) is 17.8 Å². The maximum Gasteiger partial charge on any atom is 0.131 e. The van der Waals surface area contributed by atoms with Crippen LogP contribution in [-0.2, 0) is 6.54 Å². The van der Waals surface area contributed by atoms with Gasteiger partial charge in [0.15, 0.2) is 0 Å². The van der Waals surface area contributed by atoms with Gasteiger partial charge < -0.3 is 4.57 Å². The molecular weight excluding hydrogens is 227 g/mol. The molecule has 0 spiro atoms. The van der Waals surface area contributed by atoms with Crippen molar-refractivity contribution in [3.05, 3.63) is 65.7 Å². The number of nitrogens with zero attached hydrogens (tertiary/aromatic N) is 2. The third kappa shape index (κ3) is 1.88. The van der Waals surface area contributed by atoms with Crippen molar-refractivity contribution in [3.63, 3.8) is 0 Å². The highest BCUT2D eigenvalue weighted by Crippen LogP contribution is 2.17. The minimum atomic E-state index is -0.328. The Bertz CT molecular complexity index is 683. The van der Waals surface area contributed by atoms with Crippen molar-refractivity contribution in [2.45, 2.75) is 13.5 Å². The first-order chi connectivity index (χ1) is 8.74. The van der Waals surface area contributed by atoms with Crippen LogP contribution in [0.15, 0.2) is 42.5 Å². The summed E-state index contributed by atoms with van der Waals surface area (Å²) in [6.07, 6.45) is 0. The molecule has 0 atom stereocenters. The summed E-state index contributed by atoms with van der Waals surface area (Å²) < 4.78 is 14.9. The molecule has 0 saturated carbocycles. The molecule has 3 rings (SSSR count). The van der Waals surface area contributed by atoms with Gasteiger partial charge in [-0.05, 0) is 36.8 Å². The number of imidazole rings is 1. The molecule has 0 aliphatic rings. The van der Waals surface area contributed by atoms with E-state index in [-0.39, 0.29) is 5.82 Å². The lowest BCUT2D eigenvalue weighted by atomic mass is 10.2. The van der Waals surface area contributed by atoms with Crippen molar-refractivity contribution in [1.29, 1.82) is 0 Å². The Balaban J connectivity index is 2.04. The number of aryl methyl sites for hydroxylation is 1. The van der Waals surface area contributed by atoms with Crippen LogP contribution >= 0.6 is 0 Å². The summed E-state index contributed by atoms with van der Waals surface area (Å²) >= 11 is 0.